The van der Waals surface area contributed by atoms with Crippen molar-refractivity contribution in [2.45, 2.75) is 26.2 Å². The number of aromatic hydroxyl groups is 1. The highest BCUT2D eigenvalue weighted by Crippen LogP contribution is 2.32. The molecule has 2 heterocycles. The number of imidazole rings is 1. The van der Waals surface area contributed by atoms with Crippen LogP contribution < -0.4 is 15.2 Å². The van der Waals surface area contributed by atoms with Gasteiger partial charge in [0.15, 0.2) is 0 Å². The van der Waals surface area contributed by atoms with E-state index < -0.39 is 5.69 Å². The van der Waals surface area contributed by atoms with E-state index in [4.69, 9.17) is 9.47 Å². The van der Waals surface area contributed by atoms with Gasteiger partial charge in [-0.25, -0.2) is 14.3 Å². The van der Waals surface area contributed by atoms with Crippen molar-refractivity contribution in [3.63, 3.8) is 0 Å². The molecule has 3 aromatic rings. The maximum atomic E-state index is 12.1. The Hall–Kier alpha value is -3.73. The summed E-state index contributed by atoms with van der Waals surface area (Å²) in [5.41, 5.74) is 0.908. The van der Waals surface area contributed by atoms with E-state index >= 15 is 0 Å². The fraction of sp³-hybridized carbons (Fsp3) is 0.286. The lowest BCUT2D eigenvalue weighted by Crippen LogP contribution is -2.14. The number of pyridine rings is 1. The summed E-state index contributed by atoms with van der Waals surface area (Å²) in [4.78, 5) is 18.9. The number of hydrogen-bond donors (Lipinski definition) is 2. The van der Waals surface area contributed by atoms with Crippen LogP contribution in [0.15, 0.2) is 41.3 Å². The van der Waals surface area contributed by atoms with Crippen molar-refractivity contribution in [2.75, 3.05) is 6.61 Å². The highest BCUT2D eigenvalue weighted by Gasteiger charge is 2.22. The first-order valence-corrected chi connectivity index (χ1v) is 9.43. The minimum Gasteiger partial charge on any atom is -0.493 e. The van der Waals surface area contributed by atoms with Crippen LogP contribution in [0.4, 0.5) is 0 Å². The van der Waals surface area contributed by atoms with E-state index in [0.29, 0.717) is 53.3 Å². The fourth-order valence-electron chi connectivity index (χ4n) is 2.91. The lowest BCUT2D eigenvalue weighted by molar-refractivity contribution is 0.297. The van der Waals surface area contributed by atoms with E-state index in [1.807, 2.05) is 6.92 Å². The molecule has 1 fully saturated rings. The molecule has 0 aliphatic heterocycles. The molecule has 1 aromatic carbocycles. The number of aryl methyl sites for hydroxylation is 1. The van der Waals surface area contributed by atoms with Crippen LogP contribution >= 0.6 is 0 Å². The van der Waals surface area contributed by atoms with Crippen LogP contribution in [0.2, 0.25) is 0 Å². The number of nitrogens with one attached hydrogen (secondary N) is 1. The molecule has 29 heavy (non-hydrogen) atoms. The molecule has 0 atom stereocenters. The summed E-state index contributed by atoms with van der Waals surface area (Å²) in [6.07, 6.45) is 4.27. The predicted molar refractivity (Wildman–Crippen MR) is 105 cm³/mol. The minimum absolute atomic E-state index is 0.127. The maximum Gasteiger partial charge on any atom is 0.333 e. The summed E-state index contributed by atoms with van der Waals surface area (Å²) in [5.74, 6) is 1.74. The van der Waals surface area contributed by atoms with E-state index in [1.54, 1.807) is 30.3 Å². The molecule has 0 saturated heterocycles. The van der Waals surface area contributed by atoms with Crippen LogP contribution in [-0.2, 0) is 6.42 Å². The third-order valence-corrected chi connectivity index (χ3v) is 4.74. The van der Waals surface area contributed by atoms with Crippen molar-refractivity contribution < 1.29 is 14.6 Å². The smallest absolute Gasteiger partial charge is 0.333 e. The van der Waals surface area contributed by atoms with Crippen molar-refractivity contribution >= 4 is 0 Å². The molecular formula is C21H20N4O4. The van der Waals surface area contributed by atoms with Gasteiger partial charge >= 0.3 is 5.69 Å². The molecule has 1 saturated carbocycles. The summed E-state index contributed by atoms with van der Waals surface area (Å²) in [5, 5.41) is 19.4. The standard InChI is InChI=1S/C21H20N4O4/c1-2-17-20(26)25(21(27)24-17)15-6-8-19(23-11-15)29-16-7-5-14(10-22)18(9-16)28-12-13-3-4-13/h5-9,11,13,26H,2-4,12H2,1H3,(H,24,27). The van der Waals surface area contributed by atoms with Crippen molar-refractivity contribution in [3.05, 3.63) is 58.3 Å². The fourth-order valence-corrected chi connectivity index (χ4v) is 2.91. The van der Waals surface area contributed by atoms with E-state index in [1.165, 1.54) is 6.20 Å². The summed E-state index contributed by atoms with van der Waals surface area (Å²) < 4.78 is 12.7. The Morgan fingerprint density at radius 2 is 2.17 bits per heavy atom. The van der Waals surface area contributed by atoms with Crippen molar-refractivity contribution in [1.82, 2.24) is 14.5 Å². The van der Waals surface area contributed by atoms with Gasteiger partial charge in [0.25, 0.3) is 0 Å². The second-order valence-corrected chi connectivity index (χ2v) is 6.90. The Bertz CT molecular complexity index is 1120. The average molecular weight is 392 g/mol. The number of aromatic nitrogens is 3. The molecule has 2 N–H and O–H groups in total. The zero-order valence-electron chi connectivity index (χ0n) is 15.9. The van der Waals surface area contributed by atoms with Gasteiger partial charge in [-0.15, -0.1) is 0 Å². The molecule has 8 heteroatoms. The van der Waals surface area contributed by atoms with Crippen LogP contribution in [0.3, 0.4) is 0 Å². The lowest BCUT2D eigenvalue weighted by Gasteiger charge is -2.10. The van der Waals surface area contributed by atoms with Gasteiger partial charge in [-0.3, -0.25) is 0 Å². The van der Waals surface area contributed by atoms with Crippen molar-refractivity contribution in [1.29, 1.82) is 5.26 Å². The Kier molecular flexibility index (Phi) is 4.96. The number of rotatable bonds is 7. The van der Waals surface area contributed by atoms with Crippen LogP contribution in [0.5, 0.6) is 23.3 Å². The first kappa shape index (κ1) is 18.6. The highest BCUT2D eigenvalue weighted by atomic mass is 16.5. The maximum absolute atomic E-state index is 12.1. The van der Waals surface area contributed by atoms with E-state index in [2.05, 4.69) is 16.0 Å². The van der Waals surface area contributed by atoms with Gasteiger partial charge in [0.2, 0.25) is 11.8 Å². The molecule has 4 rings (SSSR count). The molecule has 0 radical (unpaired) electrons. The second-order valence-electron chi connectivity index (χ2n) is 6.90. The summed E-state index contributed by atoms with van der Waals surface area (Å²) in [6.45, 7) is 2.43. The van der Waals surface area contributed by atoms with E-state index in [0.717, 1.165) is 17.4 Å². The van der Waals surface area contributed by atoms with Gasteiger partial charge < -0.3 is 19.6 Å². The van der Waals surface area contributed by atoms with Gasteiger partial charge in [-0.1, -0.05) is 6.92 Å². The summed E-state index contributed by atoms with van der Waals surface area (Å²) in [6, 6.07) is 10.3. The van der Waals surface area contributed by atoms with Crippen molar-refractivity contribution in [3.8, 4) is 35.0 Å². The molecule has 2 aromatic heterocycles. The normalized spacial score (nSPS) is 13.1. The van der Waals surface area contributed by atoms with E-state index in [-0.39, 0.29) is 5.88 Å². The van der Waals surface area contributed by atoms with Crippen LogP contribution in [-0.4, -0.2) is 26.2 Å². The summed E-state index contributed by atoms with van der Waals surface area (Å²) >= 11 is 0. The number of benzene rings is 1. The number of H-pyrrole nitrogens is 1. The number of aromatic amines is 1. The van der Waals surface area contributed by atoms with Gasteiger partial charge in [0.1, 0.15) is 17.6 Å². The molecule has 0 bridgehead atoms. The largest absolute Gasteiger partial charge is 0.493 e. The lowest BCUT2D eigenvalue weighted by atomic mass is 10.2. The Balaban J connectivity index is 1.53. The van der Waals surface area contributed by atoms with Gasteiger partial charge in [0.05, 0.1) is 29.7 Å². The molecule has 148 valence electrons. The van der Waals surface area contributed by atoms with Gasteiger partial charge in [0, 0.05) is 12.1 Å². The molecular weight excluding hydrogens is 372 g/mol. The predicted octanol–water partition coefficient (Wildman–Crippen LogP) is 3.28. The number of nitrogens with zero attached hydrogens (tertiary/aromatic N) is 3. The first-order chi connectivity index (χ1) is 14.1. The second kappa shape index (κ2) is 7.72. The Morgan fingerprint density at radius 1 is 1.34 bits per heavy atom. The molecule has 0 amide bonds. The third-order valence-electron chi connectivity index (χ3n) is 4.74. The zero-order valence-corrected chi connectivity index (χ0v) is 15.9. The quantitative estimate of drug-likeness (QED) is 0.638. The molecule has 0 unspecified atom stereocenters. The van der Waals surface area contributed by atoms with Crippen molar-refractivity contribution in [2.24, 2.45) is 5.92 Å². The third kappa shape index (κ3) is 3.94. The van der Waals surface area contributed by atoms with Gasteiger partial charge in [-0.05, 0) is 43.4 Å². The molecule has 8 nitrogen and oxygen atoms in total. The highest BCUT2D eigenvalue weighted by molar-refractivity contribution is 5.48. The monoisotopic (exact) mass is 392 g/mol. The van der Waals surface area contributed by atoms with Crippen LogP contribution in [0.25, 0.3) is 5.69 Å². The SMILES string of the molecule is CCc1[nH]c(=O)n(-c2ccc(Oc3ccc(C#N)c(OCC4CC4)c3)nc2)c1O. The number of nitriles is 1. The van der Waals surface area contributed by atoms with Crippen LogP contribution in [0.1, 0.15) is 31.0 Å². The zero-order chi connectivity index (χ0) is 20.4. The van der Waals surface area contributed by atoms with E-state index in [9.17, 15) is 15.2 Å². The Labute approximate surface area is 167 Å². The van der Waals surface area contributed by atoms with Crippen LogP contribution in [0, 0.1) is 17.2 Å². The van der Waals surface area contributed by atoms with Gasteiger partial charge in [-0.2, -0.15) is 5.26 Å². The average Bonchev–Trinajstić information content (AvgIpc) is 3.51. The first-order valence-electron chi connectivity index (χ1n) is 9.43. The number of hydrogen-bond acceptors (Lipinski definition) is 6. The topological polar surface area (TPSA) is 113 Å². The Morgan fingerprint density at radius 3 is 2.79 bits per heavy atom. The molecule has 1 aliphatic rings. The number of ether oxygens (including phenoxy) is 2. The summed E-state index contributed by atoms with van der Waals surface area (Å²) in [7, 11) is 0. The molecule has 0 spiro atoms. The molecule has 1 aliphatic carbocycles. The minimum atomic E-state index is -0.431.